The van der Waals surface area contributed by atoms with Crippen molar-refractivity contribution in [1.29, 1.82) is 0 Å². The second-order valence-electron chi connectivity index (χ2n) is 5.77. The van der Waals surface area contributed by atoms with Gasteiger partial charge in [0.15, 0.2) is 11.0 Å². The molecular formula is C15H17N5OS. The summed E-state index contributed by atoms with van der Waals surface area (Å²) in [6.07, 6.45) is 8.05. The SMILES string of the molecule is O=C(CSc1nnc(-c2ccncc2)n1C1CC1)NC1CC1. The molecule has 0 bridgehead atoms. The highest BCUT2D eigenvalue weighted by atomic mass is 32.2. The van der Waals surface area contributed by atoms with Crippen molar-refractivity contribution in [3.63, 3.8) is 0 Å². The molecule has 2 aromatic rings. The topological polar surface area (TPSA) is 72.7 Å². The quantitative estimate of drug-likeness (QED) is 0.826. The molecule has 7 heteroatoms. The minimum absolute atomic E-state index is 0.0864. The van der Waals surface area contributed by atoms with E-state index < -0.39 is 0 Å². The summed E-state index contributed by atoms with van der Waals surface area (Å²) in [6, 6.07) is 4.75. The number of rotatable bonds is 6. The second kappa shape index (κ2) is 5.72. The largest absolute Gasteiger partial charge is 0.353 e. The number of nitrogens with one attached hydrogen (secondary N) is 1. The Morgan fingerprint density at radius 3 is 2.68 bits per heavy atom. The summed E-state index contributed by atoms with van der Waals surface area (Å²) in [7, 11) is 0. The zero-order chi connectivity index (χ0) is 14.9. The highest BCUT2D eigenvalue weighted by molar-refractivity contribution is 7.99. The minimum atomic E-state index is 0.0864. The highest BCUT2D eigenvalue weighted by Crippen LogP contribution is 2.40. The van der Waals surface area contributed by atoms with Gasteiger partial charge in [-0.25, -0.2) is 0 Å². The van der Waals surface area contributed by atoms with Crippen molar-refractivity contribution in [2.45, 2.75) is 42.9 Å². The first-order valence-corrected chi connectivity index (χ1v) is 8.57. The molecule has 4 rings (SSSR count). The van der Waals surface area contributed by atoms with Crippen molar-refractivity contribution < 1.29 is 4.79 Å². The summed E-state index contributed by atoms with van der Waals surface area (Å²) in [5.41, 5.74) is 1.02. The van der Waals surface area contributed by atoms with Crippen LogP contribution in [0.2, 0.25) is 0 Å². The Kier molecular flexibility index (Phi) is 3.57. The molecule has 2 aliphatic carbocycles. The van der Waals surface area contributed by atoms with Crippen LogP contribution in [0.5, 0.6) is 0 Å². The number of aromatic nitrogens is 4. The lowest BCUT2D eigenvalue weighted by Gasteiger charge is -2.08. The lowest BCUT2D eigenvalue weighted by molar-refractivity contribution is -0.118. The number of hydrogen-bond donors (Lipinski definition) is 1. The molecule has 2 saturated carbocycles. The summed E-state index contributed by atoms with van der Waals surface area (Å²) in [6.45, 7) is 0. The molecule has 0 unspecified atom stereocenters. The maximum absolute atomic E-state index is 11.8. The average molecular weight is 315 g/mol. The Labute approximate surface area is 132 Å². The fraction of sp³-hybridized carbons (Fsp3) is 0.467. The van der Waals surface area contributed by atoms with Crippen LogP contribution in [0.4, 0.5) is 0 Å². The number of carbonyl (C=O) groups excluding carboxylic acids is 1. The highest BCUT2D eigenvalue weighted by Gasteiger charge is 2.30. The molecule has 2 heterocycles. The van der Waals surface area contributed by atoms with Crippen molar-refractivity contribution >= 4 is 17.7 Å². The standard InChI is InChI=1S/C15H17N5OS/c21-13(17-11-1-2-11)9-22-15-19-18-14(20(15)12-3-4-12)10-5-7-16-8-6-10/h5-8,11-12H,1-4,9H2,(H,17,21). The van der Waals surface area contributed by atoms with E-state index in [9.17, 15) is 4.79 Å². The summed E-state index contributed by atoms with van der Waals surface area (Å²) >= 11 is 1.47. The molecule has 2 aliphatic rings. The van der Waals surface area contributed by atoms with Gasteiger partial charge in [-0.15, -0.1) is 10.2 Å². The molecule has 114 valence electrons. The molecule has 1 amide bonds. The molecule has 1 N–H and O–H groups in total. The molecule has 0 saturated heterocycles. The summed E-state index contributed by atoms with van der Waals surface area (Å²) < 4.78 is 2.17. The number of thioether (sulfide) groups is 1. The lowest BCUT2D eigenvalue weighted by atomic mass is 10.2. The number of carbonyl (C=O) groups is 1. The average Bonchev–Trinajstić information content (AvgIpc) is 3.47. The predicted molar refractivity (Wildman–Crippen MR) is 83.4 cm³/mol. The molecule has 0 aliphatic heterocycles. The van der Waals surface area contributed by atoms with Crippen molar-refractivity contribution in [2.24, 2.45) is 0 Å². The Bertz CT molecular complexity index is 678. The van der Waals surface area contributed by atoms with E-state index in [1.165, 1.54) is 11.8 Å². The second-order valence-corrected chi connectivity index (χ2v) is 6.72. The van der Waals surface area contributed by atoms with Crippen LogP contribution in [-0.2, 0) is 4.79 Å². The lowest BCUT2D eigenvalue weighted by Crippen LogP contribution is -2.27. The van der Waals surface area contributed by atoms with E-state index in [4.69, 9.17) is 0 Å². The maximum atomic E-state index is 11.8. The smallest absolute Gasteiger partial charge is 0.230 e. The molecule has 2 fully saturated rings. The van der Waals surface area contributed by atoms with Gasteiger partial charge >= 0.3 is 0 Å². The van der Waals surface area contributed by atoms with Crippen molar-refractivity contribution in [3.05, 3.63) is 24.5 Å². The molecular weight excluding hydrogens is 298 g/mol. The molecule has 2 aromatic heterocycles. The van der Waals surface area contributed by atoms with E-state index in [-0.39, 0.29) is 5.91 Å². The molecule has 0 spiro atoms. The van der Waals surface area contributed by atoms with Crippen LogP contribution in [0.3, 0.4) is 0 Å². The third-order valence-corrected chi connectivity index (χ3v) is 4.73. The van der Waals surface area contributed by atoms with Gasteiger partial charge in [0.05, 0.1) is 5.75 Å². The van der Waals surface area contributed by atoms with Crippen LogP contribution in [0.15, 0.2) is 29.7 Å². The number of hydrogen-bond acceptors (Lipinski definition) is 5. The van der Waals surface area contributed by atoms with E-state index in [0.29, 0.717) is 17.8 Å². The maximum Gasteiger partial charge on any atom is 0.230 e. The Morgan fingerprint density at radius 1 is 1.23 bits per heavy atom. The summed E-state index contributed by atoms with van der Waals surface area (Å²) in [5.74, 6) is 1.36. The number of amides is 1. The van der Waals surface area contributed by atoms with E-state index in [1.807, 2.05) is 12.1 Å². The number of nitrogens with zero attached hydrogens (tertiary/aromatic N) is 4. The first-order chi connectivity index (χ1) is 10.8. The Hall–Kier alpha value is -1.89. The van der Waals surface area contributed by atoms with Crippen molar-refractivity contribution in [3.8, 4) is 11.4 Å². The minimum Gasteiger partial charge on any atom is -0.353 e. The van der Waals surface area contributed by atoms with E-state index >= 15 is 0 Å². The van der Waals surface area contributed by atoms with E-state index in [0.717, 1.165) is 42.2 Å². The van der Waals surface area contributed by atoms with Gasteiger partial charge in [0.25, 0.3) is 0 Å². The van der Waals surface area contributed by atoms with Crippen LogP contribution in [0.1, 0.15) is 31.7 Å². The van der Waals surface area contributed by atoms with Gasteiger partial charge in [-0.3, -0.25) is 14.3 Å². The zero-order valence-corrected chi connectivity index (χ0v) is 12.9. The van der Waals surface area contributed by atoms with Crippen LogP contribution < -0.4 is 5.32 Å². The normalized spacial score (nSPS) is 17.5. The monoisotopic (exact) mass is 315 g/mol. The fourth-order valence-electron chi connectivity index (χ4n) is 2.36. The number of pyridine rings is 1. The molecule has 22 heavy (non-hydrogen) atoms. The molecule has 6 nitrogen and oxygen atoms in total. The van der Waals surface area contributed by atoms with Gasteiger partial charge in [-0.05, 0) is 37.8 Å². The van der Waals surface area contributed by atoms with E-state index in [1.54, 1.807) is 12.4 Å². The van der Waals surface area contributed by atoms with Crippen molar-refractivity contribution in [2.75, 3.05) is 5.75 Å². The molecule has 0 aromatic carbocycles. The van der Waals surface area contributed by atoms with Gasteiger partial charge in [-0.2, -0.15) is 0 Å². The van der Waals surface area contributed by atoms with E-state index in [2.05, 4.69) is 25.1 Å². The van der Waals surface area contributed by atoms with Gasteiger partial charge in [0, 0.05) is 30.0 Å². The molecule has 0 radical (unpaired) electrons. The predicted octanol–water partition coefficient (Wildman–Crippen LogP) is 2.05. The van der Waals surface area contributed by atoms with Gasteiger partial charge in [0.2, 0.25) is 5.91 Å². The molecule has 0 atom stereocenters. The third kappa shape index (κ3) is 2.99. The van der Waals surface area contributed by atoms with Crippen molar-refractivity contribution in [1.82, 2.24) is 25.1 Å². The Balaban J connectivity index is 1.52. The van der Waals surface area contributed by atoms with Crippen LogP contribution in [-0.4, -0.2) is 37.5 Å². The van der Waals surface area contributed by atoms with Crippen LogP contribution in [0.25, 0.3) is 11.4 Å². The summed E-state index contributed by atoms with van der Waals surface area (Å²) in [5, 5.41) is 12.5. The van der Waals surface area contributed by atoms with Gasteiger partial charge in [-0.1, -0.05) is 11.8 Å². The first kappa shape index (κ1) is 13.8. The summed E-state index contributed by atoms with van der Waals surface area (Å²) in [4.78, 5) is 15.9. The van der Waals surface area contributed by atoms with Gasteiger partial charge < -0.3 is 5.32 Å². The van der Waals surface area contributed by atoms with Crippen LogP contribution >= 0.6 is 11.8 Å². The Morgan fingerprint density at radius 2 is 2.00 bits per heavy atom. The fourth-order valence-corrected chi connectivity index (χ4v) is 3.18. The zero-order valence-electron chi connectivity index (χ0n) is 12.1. The third-order valence-electron chi connectivity index (χ3n) is 3.79. The van der Waals surface area contributed by atoms with Gasteiger partial charge in [0.1, 0.15) is 0 Å². The van der Waals surface area contributed by atoms with Crippen LogP contribution in [0, 0.1) is 0 Å². The first-order valence-electron chi connectivity index (χ1n) is 7.59.